The van der Waals surface area contributed by atoms with Crippen LogP contribution in [0.1, 0.15) is 65.9 Å². The Hall–Kier alpha value is -2.94. The maximum absolute atomic E-state index is 12.0. The number of carboxylic acids is 1. The predicted octanol–water partition coefficient (Wildman–Crippen LogP) is 3.27. The summed E-state index contributed by atoms with van der Waals surface area (Å²) >= 11 is 0. The minimum absolute atomic E-state index is 0.0683. The van der Waals surface area contributed by atoms with Crippen LogP contribution in [0.2, 0.25) is 0 Å². The molecule has 0 fully saturated rings. The van der Waals surface area contributed by atoms with Gasteiger partial charge in [0.15, 0.2) is 11.5 Å². The van der Waals surface area contributed by atoms with Crippen molar-refractivity contribution in [2.45, 2.75) is 78.9 Å². The molecule has 1 aromatic carbocycles. The van der Waals surface area contributed by atoms with Crippen LogP contribution in [0.4, 0.5) is 0 Å². The van der Waals surface area contributed by atoms with Gasteiger partial charge in [-0.3, -0.25) is 19.2 Å². The maximum Gasteiger partial charge on any atom is 0.321 e. The molecule has 0 saturated heterocycles. The molecule has 1 rings (SSSR count). The van der Waals surface area contributed by atoms with E-state index >= 15 is 0 Å². The van der Waals surface area contributed by atoms with Gasteiger partial charge in [-0.25, -0.2) is 0 Å². The number of hydrogen-bond donors (Lipinski definition) is 2. The van der Waals surface area contributed by atoms with Crippen molar-refractivity contribution in [2.24, 2.45) is 5.92 Å². The first kappa shape index (κ1) is 28.1. The third-order valence-corrected chi connectivity index (χ3v) is 4.54. The van der Waals surface area contributed by atoms with Crippen molar-refractivity contribution < 1.29 is 38.5 Å². The Morgan fingerprint density at radius 3 is 2.03 bits per heavy atom. The molecule has 33 heavy (non-hydrogen) atoms. The lowest BCUT2D eigenvalue weighted by Crippen LogP contribution is -2.43. The number of aliphatic carboxylic acids is 1. The second-order valence-electron chi connectivity index (χ2n) is 8.13. The standard InChI is InChI=1S/C24H35NO8/c1-6-8-21(26)32-19-11-10-17(13-20(19)33-22(27)9-7-2)12-18(23(28)29)25-14-16(5)31-24(30)15(3)4/h10-11,13,15-16,18,25H,6-9,12,14H2,1-5H3,(H,28,29)/t16?,18-/m0/s1. The van der Waals surface area contributed by atoms with Crippen LogP contribution in [-0.2, 0) is 30.3 Å². The van der Waals surface area contributed by atoms with Crippen LogP contribution in [0, 0.1) is 5.92 Å². The van der Waals surface area contributed by atoms with Gasteiger partial charge in [-0.1, -0.05) is 33.8 Å². The molecule has 2 N–H and O–H groups in total. The van der Waals surface area contributed by atoms with Crippen LogP contribution in [0.3, 0.4) is 0 Å². The van der Waals surface area contributed by atoms with E-state index in [1.165, 1.54) is 12.1 Å². The van der Waals surface area contributed by atoms with E-state index in [2.05, 4.69) is 5.32 Å². The second kappa shape index (κ2) is 14.3. The van der Waals surface area contributed by atoms with E-state index in [0.29, 0.717) is 18.4 Å². The number of nitrogens with one attached hydrogen (secondary N) is 1. The van der Waals surface area contributed by atoms with Gasteiger partial charge in [0.2, 0.25) is 0 Å². The zero-order valence-corrected chi connectivity index (χ0v) is 20.0. The number of hydrogen-bond acceptors (Lipinski definition) is 8. The minimum Gasteiger partial charge on any atom is -0.480 e. The average molecular weight is 466 g/mol. The minimum atomic E-state index is -1.08. The van der Waals surface area contributed by atoms with Gasteiger partial charge in [-0.05, 0) is 43.9 Å². The number of rotatable bonds is 14. The van der Waals surface area contributed by atoms with E-state index in [1.54, 1.807) is 26.8 Å². The van der Waals surface area contributed by atoms with Crippen molar-refractivity contribution in [3.63, 3.8) is 0 Å². The summed E-state index contributed by atoms with van der Waals surface area (Å²) in [4.78, 5) is 47.4. The van der Waals surface area contributed by atoms with Gasteiger partial charge in [-0.2, -0.15) is 0 Å². The van der Waals surface area contributed by atoms with Crippen LogP contribution < -0.4 is 14.8 Å². The molecule has 184 valence electrons. The van der Waals surface area contributed by atoms with E-state index in [4.69, 9.17) is 14.2 Å². The second-order valence-corrected chi connectivity index (χ2v) is 8.13. The van der Waals surface area contributed by atoms with Gasteiger partial charge < -0.3 is 24.6 Å². The highest BCUT2D eigenvalue weighted by atomic mass is 16.6. The molecule has 0 amide bonds. The number of ether oxygens (including phenoxy) is 3. The molecule has 9 heteroatoms. The molecule has 0 heterocycles. The van der Waals surface area contributed by atoms with Crippen molar-refractivity contribution in [1.29, 1.82) is 0 Å². The number of carbonyl (C=O) groups is 4. The topological polar surface area (TPSA) is 128 Å². The van der Waals surface area contributed by atoms with Crippen molar-refractivity contribution in [1.82, 2.24) is 5.32 Å². The summed E-state index contributed by atoms with van der Waals surface area (Å²) in [6.45, 7) is 8.95. The normalized spacial score (nSPS) is 12.7. The van der Waals surface area contributed by atoms with Crippen LogP contribution in [0.5, 0.6) is 11.5 Å². The lowest BCUT2D eigenvalue weighted by atomic mass is 10.0. The summed E-state index contributed by atoms with van der Waals surface area (Å²) in [6.07, 6.45) is 1.18. The molecule has 0 saturated carbocycles. The first-order valence-electron chi connectivity index (χ1n) is 11.3. The summed E-state index contributed by atoms with van der Waals surface area (Å²) in [5, 5.41) is 12.5. The van der Waals surface area contributed by atoms with Crippen LogP contribution in [-0.4, -0.2) is 47.7 Å². The summed E-state index contributed by atoms with van der Waals surface area (Å²) < 4.78 is 15.9. The molecular weight excluding hydrogens is 430 g/mol. The summed E-state index contributed by atoms with van der Waals surface area (Å²) in [6, 6.07) is 3.63. The number of carbonyl (C=O) groups excluding carboxylic acids is 3. The average Bonchev–Trinajstić information content (AvgIpc) is 2.72. The van der Waals surface area contributed by atoms with Crippen molar-refractivity contribution in [3.8, 4) is 11.5 Å². The summed E-state index contributed by atoms with van der Waals surface area (Å²) in [5.41, 5.74) is 0.566. The van der Waals surface area contributed by atoms with Gasteiger partial charge in [0, 0.05) is 19.4 Å². The molecular formula is C24H35NO8. The Balaban J connectivity index is 2.96. The monoisotopic (exact) mass is 465 g/mol. The molecule has 9 nitrogen and oxygen atoms in total. The van der Waals surface area contributed by atoms with E-state index < -0.39 is 30.1 Å². The molecule has 2 atom stereocenters. The molecule has 0 aliphatic heterocycles. The fraction of sp³-hybridized carbons (Fsp3) is 0.583. The van der Waals surface area contributed by atoms with Gasteiger partial charge in [0.25, 0.3) is 0 Å². The zero-order chi connectivity index (χ0) is 25.0. The highest BCUT2D eigenvalue weighted by Crippen LogP contribution is 2.30. The van der Waals surface area contributed by atoms with Crippen molar-refractivity contribution >= 4 is 23.9 Å². The Morgan fingerprint density at radius 1 is 0.939 bits per heavy atom. The molecule has 0 aromatic heterocycles. The van der Waals surface area contributed by atoms with Crippen LogP contribution in [0.15, 0.2) is 18.2 Å². The number of carboxylic acid groups (broad SMARTS) is 1. The van der Waals surface area contributed by atoms with Crippen molar-refractivity contribution in [2.75, 3.05) is 6.54 Å². The molecule has 1 unspecified atom stereocenters. The van der Waals surface area contributed by atoms with Gasteiger partial charge in [0.05, 0.1) is 5.92 Å². The largest absolute Gasteiger partial charge is 0.480 e. The number of esters is 3. The third kappa shape index (κ3) is 10.5. The molecule has 1 aromatic rings. The fourth-order valence-corrected chi connectivity index (χ4v) is 2.77. The third-order valence-electron chi connectivity index (χ3n) is 4.54. The van der Waals surface area contributed by atoms with Gasteiger partial charge in [0.1, 0.15) is 12.1 Å². The van der Waals surface area contributed by atoms with Crippen LogP contribution >= 0.6 is 0 Å². The molecule has 0 spiro atoms. The zero-order valence-electron chi connectivity index (χ0n) is 20.0. The smallest absolute Gasteiger partial charge is 0.321 e. The quantitative estimate of drug-likeness (QED) is 0.314. The maximum atomic E-state index is 12.0. The summed E-state index contributed by atoms with van der Waals surface area (Å²) in [7, 11) is 0. The molecule has 0 aliphatic rings. The summed E-state index contributed by atoms with van der Waals surface area (Å²) in [5.74, 6) is -2.47. The van der Waals surface area contributed by atoms with Gasteiger partial charge >= 0.3 is 23.9 Å². The lowest BCUT2D eigenvalue weighted by molar-refractivity contribution is -0.152. The Labute approximate surface area is 194 Å². The van der Waals surface area contributed by atoms with E-state index in [-0.39, 0.29) is 49.2 Å². The highest BCUT2D eigenvalue weighted by molar-refractivity contribution is 5.77. The fourth-order valence-electron chi connectivity index (χ4n) is 2.77. The Morgan fingerprint density at radius 2 is 1.52 bits per heavy atom. The van der Waals surface area contributed by atoms with E-state index in [0.717, 1.165) is 0 Å². The lowest BCUT2D eigenvalue weighted by Gasteiger charge is -2.20. The molecule has 0 bridgehead atoms. The Kier molecular flexibility index (Phi) is 12.1. The number of benzene rings is 1. The molecule has 0 radical (unpaired) electrons. The first-order chi connectivity index (χ1) is 15.6. The van der Waals surface area contributed by atoms with Gasteiger partial charge in [-0.15, -0.1) is 0 Å². The van der Waals surface area contributed by atoms with E-state index in [1.807, 2.05) is 13.8 Å². The Bertz CT molecular complexity index is 821. The molecule has 0 aliphatic carbocycles. The highest BCUT2D eigenvalue weighted by Gasteiger charge is 2.22. The first-order valence-corrected chi connectivity index (χ1v) is 11.3. The van der Waals surface area contributed by atoms with Crippen LogP contribution in [0.25, 0.3) is 0 Å². The van der Waals surface area contributed by atoms with Crippen molar-refractivity contribution in [3.05, 3.63) is 23.8 Å². The predicted molar refractivity (Wildman–Crippen MR) is 121 cm³/mol. The SMILES string of the molecule is CCCC(=O)Oc1ccc(C[C@H](NCC(C)OC(=O)C(C)C)C(=O)O)cc1OC(=O)CCC. The van der Waals surface area contributed by atoms with E-state index in [9.17, 15) is 24.3 Å².